The summed E-state index contributed by atoms with van der Waals surface area (Å²) in [6.07, 6.45) is 4.14. The maximum Gasteiger partial charge on any atom is 0.133 e. The third kappa shape index (κ3) is 5.94. The Bertz CT molecular complexity index is 933. The number of aromatic hydroxyl groups is 1. The number of benzene rings is 2. The van der Waals surface area contributed by atoms with Gasteiger partial charge in [-0.25, -0.2) is 0 Å². The van der Waals surface area contributed by atoms with E-state index in [2.05, 4.69) is 53.6 Å². The zero-order chi connectivity index (χ0) is 21.2. The van der Waals surface area contributed by atoms with Crippen LogP contribution < -0.4 is 10.1 Å². The second kappa shape index (κ2) is 11.2. The topological polar surface area (TPSA) is 54.4 Å². The zero-order valence-electron chi connectivity index (χ0n) is 17.8. The Balaban J connectivity index is 1.90. The number of nitrogens with zero attached hydrogens (tertiary/aromatic N) is 1. The van der Waals surface area contributed by atoms with Crippen molar-refractivity contribution in [3.63, 3.8) is 0 Å². The average Bonchev–Trinajstić information content (AvgIpc) is 2.79. The van der Waals surface area contributed by atoms with Gasteiger partial charge in [-0.3, -0.25) is 4.98 Å². The zero-order valence-corrected chi connectivity index (χ0v) is 17.8. The van der Waals surface area contributed by atoms with Crippen molar-refractivity contribution < 1.29 is 9.84 Å². The Hall–Kier alpha value is -3.11. The molecule has 0 saturated carbocycles. The molecule has 0 atom stereocenters. The molecular weight excluding hydrogens is 372 g/mol. The first-order chi connectivity index (χ1) is 14.7. The smallest absolute Gasteiger partial charge is 0.133 e. The number of likely N-dealkylation sites (N-methyl/N-ethyl adjacent to an activating group) is 1. The van der Waals surface area contributed by atoms with Crippen LogP contribution in [-0.2, 0) is 6.42 Å². The summed E-state index contributed by atoms with van der Waals surface area (Å²) in [5, 5.41) is 12.6. The molecular formula is C26H30N2O2. The monoisotopic (exact) mass is 402 g/mol. The van der Waals surface area contributed by atoms with Gasteiger partial charge in [-0.05, 0) is 72.8 Å². The molecule has 0 fully saturated rings. The molecule has 4 nitrogen and oxygen atoms in total. The highest BCUT2D eigenvalue weighted by atomic mass is 16.5. The molecule has 4 heteroatoms. The molecule has 2 N–H and O–H groups in total. The van der Waals surface area contributed by atoms with Crippen LogP contribution in [0, 0.1) is 0 Å². The average molecular weight is 403 g/mol. The first-order valence-corrected chi connectivity index (χ1v) is 10.5. The van der Waals surface area contributed by atoms with Crippen LogP contribution in [-0.4, -0.2) is 30.3 Å². The number of pyridine rings is 1. The number of ether oxygens (including phenoxy) is 1. The van der Waals surface area contributed by atoms with E-state index in [0.717, 1.165) is 37.3 Å². The van der Waals surface area contributed by atoms with Crippen molar-refractivity contribution >= 4 is 11.1 Å². The molecule has 3 aromatic rings. The minimum Gasteiger partial charge on any atom is -0.506 e. The lowest BCUT2D eigenvalue weighted by Gasteiger charge is -2.16. The molecule has 0 bridgehead atoms. The molecule has 30 heavy (non-hydrogen) atoms. The van der Waals surface area contributed by atoms with Gasteiger partial charge in [0, 0.05) is 12.2 Å². The van der Waals surface area contributed by atoms with E-state index in [4.69, 9.17) is 4.74 Å². The molecule has 0 aliphatic heterocycles. The van der Waals surface area contributed by atoms with Crippen LogP contribution in [0.5, 0.6) is 11.5 Å². The van der Waals surface area contributed by atoms with E-state index in [-0.39, 0.29) is 5.75 Å². The summed E-state index contributed by atoms with van der Waals surface area (Å²) < 4.78 is 5.78. The Morgan fingerprint density at radius 2 is 1.67 bits per heavy atom. The summed E-state index contributed by atoms with van der Waals surface area (Å²) in [7, 11) is 1.92. The largest absolute Gasteiger partial charge is 0.506 e. The maximum absolute atomic E-state index is 9.50. The highest BCUT2D eigenvalue weighted by Gasteiger charge is 2.12. The predicted molar refractivity (Wildman–Crippen MR) is 124 cm³/mol. The lowest BCUT2D eigenvalue weighted by Crippen LogP contribution is -2.15. The number of hydrogen-bond acceptors (Lipinski definition) is 4. The van der Waals surface area contributed by atoms with Gasteiger partial charge in [0.05, 0.1) is 6.20 Å². The quantitative estimate of drug-likeness (QED) is 0.355. The highest BCUT2D eigenvalue weighted by molar-refractivity contribution is 5.90. The number of rotatable bonds is 10. The van der Waals surface area contributed by atoms with Crippen LogP contribution in [0.3, 0.4) is 0 Å². The number of hydrogen-bond donors (Lipinski definition) is 2. The van der Waals surface area contributed by atoms with Crippen molar-refractivity contribution in [2.24, 2.45) is 0 Å². The summed E-state index contributed by atoms with van der Waals surface area (Å²) in [6, 6.07) is 22.5. The van der Waals surface area contributed by atoms with E-state index in [9.17, 15) is 5.11 Å². The van der Waals surface area contributed by atoms with Crippen molar-refractivity contribution in [2.75, 3.05) is 20.2 Å². The van der Waals surface area contributed by atoms with E-state index in [0.29, 0.717) is 6.61 Å². The van der Waals surface area contributed by atoms with Crippen LogP contribution in [0.25, 0.3) is 11.1 Å². The van der Waals surface area contributed by atoms with Crippen LogP contribution in [0.4, 0.5) is 0 Å². The molecule has 0 spiro atoms. The van der Waals surface area contributed by atoms with Crippen molar-refractivity contribution in [2.45, 2.75) is 26.2 Å². The van der Waals surface area contributed by atoms with Gasteiger partial charge in [-0.15, -0.1) is 0 Å². The van der Waals surface area contributed by atoms with Gasteiger partial charge in [0.25, 0.3) is 0 Å². The number of aryl methyl sites for hydroxylation is 1. The van der Waals surface area contributed by atoms with Gasteiger partial charge in [0.1, 0.15) is 18.1 Å². The van der Waals surface area contributed by atoms with Crippen LogP contribution in [0.2, 0.25) is 0 Å². The fourth-order valence-electron chi connectivity index (χ4n) is 3.54. The Morgan fingerprint density at radius 1 is 0.933 bits per heavy atom. The normalized spacial score (nSPS) is 11.8. The number of allylic oxidation sites excluding steroid dienone is 2. The minimum absolute atomic E-state index is 0.196. The third-order valence-electron chi connectivity index (χ3n) is 5.10. The van der Waals surface area contributed by atoms with Gasteiger partial charge in [0.2, 0.25) is 0 Å². The molecule has 1 heterocycles. The Kier molecular flexibility index (Phi) is 8.04. The third-order valence-corrected chi connectivity index (χ3v) is 5.10. The van der Waals surface area contributed by atoms with Crippen LogP contribution in [0.1, 0.15) is 36.6 Å². The number of aromatic nitrogens is 1. The first-order valence-electron chi connectivity index (χ1n) is 10.5. The molecule has 156 valence electrons. The first kappa shape index (κ1) is 21.6. The van der Waals surface area contributed by atoms with Gasteiger partial charge in [-0.2, -0.15) is 0 Å². The molecule has 0 saturated heterocycles. The Labute approximate surface area is 179 Å². The van der Waals surface area contributed by atoms with Gasteiger partial charge in [0.15, 0.2) is 0 Å². The maximum atomic E-state index is 9.50. The summed E-state index contributed by atoms with van der Waals surface area (Å²) in [4.78, 5) is 4.36. The van der Waals surface area contributed by atoms with Crippen molar-refractivity contribution in [3.8, 4) is 11.5 Å². The second-order valence-corrected chi connectivity index (χ2v) is 7.16. The van der Waals surface area contributed by atoms with Crippen molar-refractivity contribution in [3.05, 3.63) is 89.7 Å². The fraction of sp³-hybridized carbons (Fsp3) is 0.269. The molecule has 0 radical (unpaired) electrons. The predicted octanol–water partition coefficient (Wildman–Crippen LogP) is 5.34. The SMILES string of the molecule is CC/C(=C(\CCc1ccc(O)cn1)c1ccc(OCCNC)cc1)c1ccccc1. The van der Waals surface area contributed by atoms with E-state index in [1.54, 1.807) is 6.07 Å². The van der Waals surface area contributed by atoms with Crippen molar-refractivity contribution in [1.82, 2.24) is 10.3 Å². The molecule has 3 rings (SSSR count). The summed E-state index contributed by atoms with van der Waals surface area (Å²) >= 11 is 0. The van der Waals surface area contributed by atoms with Crippen LogP contribution >= 0.6 is 0 Å². The molecule has 0 amide bonds. The van der Waals surface area contributed by atoms with E-state index in [1.165, 1.54) is 28.5 Å². The minimum atomic E-state index is 0.196. The van der Waals surface area contributed by atoms with E-state index < -0.39 is 0 Å². The second-order valence-electron chi connectivity index (χ2n) is 7.16. The van der Waals surface area contributed by atoms with Crippen molar-refractivity contribution in [1.29, 1.82) is 0 Å². The molecule has 0 aliphatic rings. The summed E-state index contributed by atoms with van der Waals surface area (Å²) in [5.74, 6) is 1.08. The highest BCUT2D eigenvalue weighted by Crippen LogP contribution is 2.33. The van der Waals surface area contributed by atoms with Gasteiger partial charge < -0.3 is 15.2 Å². The molecule has 1 aromatic heterocycles. The lowest BCUT2D eigenvalue weighted by molar-refractivity contribution is 0.318. The lowest BCUT2D eigenvalue weighted by atomic mass is 9.89. The summed E-state index contributed by atoms with van der Waals surface area (Å²) in [5.41, 5.74) is 6.10. The Morgan fingerprint density at radius 3 is 2.30 bits per heavy atom. The van der Waals surface area contributed by atoms with Gasteiger partial charge in [-0.1, -0.05) is 49.4 Å². The van der Waals surface area contributed by atoms with E-state index in [1.807, 2.05) is 31.3 Å². The fourth-order valence-corrected chi connectivity index (χ4v) is 3.54. The van der Waals surface area contributed by atoms with E-state index >= 15 is 0 Å². The van der Waals surface area contributed by atoms with Crippen LogP contribution in [0.15, 0.2) is 72.9 Å². The molecule has 0 unspecified atom stereocenters. The molecule has 2 aromatic carbocycles. The summed E-state index contributed by atoms with van der Waals surface area (Å²) in [6.45, 7) is 3.67. The molecule has 0 aliphatic carbocycles. The van der Waals surface area contributed by atoms with Gasteiger partial charge >= 0.3 is 0 Å². The standard InChI is InChI=1S/C26H30N2O2/c1-3-25(20-7-5-4-6-8-20)26(16-12-22-11-13-23(29)19-28-22)21-9-14-24(15-10-21)30-18-17-27-2/h4-11,13-15,19,27,29H,3,12,16-18H2,1-2H3/b26-25-. The number of nitrogens with one attached hydrogen (secondary N) is 1.